The third-order valence-corrected chi connectivity index (χ3v) is 5.60. The van der Waals surface area contributed by atoms with Crippen LogP contribution in [0.25, 0.3) is 0 Å². The summed E-state index contributed by atoms with van der Waals surface area (Å²) >= 11 is 5.06. The normalized spacial score (nSPS) is 10.7. The zero-order chi connectivity index (χ0) is 18.5. The van der Waals surface area contributed by atoms with E-state index in [-0.39, 0.29) is 5.91 Å². The molecule has 1 amide bonds. The standard InChI is InChI=1S/C19H18BrN3O2S/c1-13-21-18(22-25-13)12-26-17-10-6-4-8-15(17)19(24)23(2)11-14-7-3-5-9-16(14)20/h3-10H,11-12H2,1-2H3. The minimum absolute atomic E-state index is 0.0202. The van der Waals surface area contributed by atoms with Crippen molar-refractivity contribution in [1.29, 1.82) is 0 Å². The lowest BCUT2D eigenvalue weighted by Crippen LogP contribution is -2.26. The van der Waals surface area contributed by atoms with Crippen molar-refractivity contribution >= 4 is 33.6 Å². The molecule has 5 nitrogen and oxygen atoms in total. The monoisotopic (exact) mass is 431 g/mol. The Hall–Kier alpha value is -2.12. The van der Waals surface area contributed by atoms with Crippen molar-refractivity contribution in [2.75, 3.05) is 7.05 Å². The van der Waals surface area contributed by atoms with Crippen LogP contribution in [0.15, 0.2) is 62.4 Å². The van der Waals surface area contributed by atoms with E-state index in [1.165, 1.54) is 11.8 Å². The van der Waals surface area contributed by atoms with Crippen LogP contribution >= 0.6 is 27.7 Å². The summed E-state index contributed by atoms with van der Waals surface area (Å²) in [6, 6.07) is 15.5. The van der Waals surface area contributed by atoms with Crippen molar-refractivity contribution in [3.05, 3.63) is 75.8 Å². The molecule has 134 valence electrons. The van der Waals surface area contributed by atoms with Gasteiger partial charge in [0.25, 0.3) is 5.91 Å². The molecule has 0 atom stereocenters. The number of rotatable bonds is 6. The molecule has 0 aliphatic carbocycles. The van der Waals surface area contributed by atoms with Crippen LogP contribution in [0.1, 0.15) is 27.6 Å². The highest BCUT2D eigenvalue weighted by Gasteiger charge is 2.17. The second kappa shape index (κ2) is 8.51. The summed E-state index contributed by atoms with van der Waals surface area (Å²) in [6.45, 7) is 2.29. The maximum atomic E-state index is 12.9. The lowest BCUT2D eigenvalue weighted by Gasteiger charge is -2.19. The summed E-state index contributed by atoms with van der Waals surface area (Å²) in [6.07, 6.45) is 0. The molecule has 0 aliphatic rings. The van der Waals surface area contributed by atoms with E-state index in [9.17, 15) is 4.79 Å². The molecular weight excluding hydrogens is 414 g/mol. The molecular formula is C19H18BrN3O2S. The quantitative estimate of drug-likeness (QED) is 0.529. The molecule has 0 radical (unpaired) electrons. The molecule has 1 aromatic heterocycles. The van der Waals surface area contributed by atoms with Crippen LogP contribution < -0.4 is 0 Å². The number of halogens is 1. The van der Waals surface area contributed by atoms with Gasteiger partial charge in [0.15, 0.2) is 5.82 Å². The predicted molar refractivity (Wildman–Crippen MR) is 105 cm³/mol. The van der Waals surface area contributed by atoms with Gasteiger partial charge in [-0.15, -0.1) is 11.8 Å². The molecule has 7 heteroatoms. The highest BCUT2D eigenvalue weighted by molar-refractivity contribution is 9.10. The number of carbonyl (C=O) groups is 1. The van der Waals surface area contributed by atoms with Crippen molar-refractivity contribution in [2.45, 2.75) is 24.1 Å². The first kappa shape index (κ1) is 18.7. The highest BCUT2D eigenvalue weighted by atomic mass is 79.9. The number of hydrogen-bond acceptors (Lipinski definition) is 5. The van der Waals surface area contributed by atoms with Gasteiger partial charge in [0.05, 0.1) is 11.3 Å². The fourth-order valence-electron chi connectivity index (χ4n) is 2.47. The van der Waals surface area contributed by atoms with E-state index in [1.807, 2.05) is 55.6 Å². The number of benzene rings is 2. The van der Waals surface area contributed by atoms with E-state index >= 15 is 0 Å². The van der Waals surface area contributed by atoms with Crippen LogP contribution in [0.5, 0.6) is 0 Å². The SMILES string of the molecule is Cc1nc(CSc2ccccc2C(=O)N(C)Cc2ccccc2Br)no1. The molecule has 1 heterocycles. The van der Waals surface area contributed by atoms with Crippen molar-refractivity contribution < 1.29 is 9.32 Å². The van der Waals surface area contributed by atoms with Crippen LogP contribution in [0.4, 0.5) is 0 Å². The lowest BCUT2D eigenvalue weighted by molar-refractivity contribution is 0.0781. The number of aryl methyl sites for hydroxylation is 1. The van der Waals surface area contributed by atoms with Crippen LogP contribution in [0, 0.1) is 6.92 Å². The van der Waals surface area contributed by atoms with E-state index in [1.54, 1.807) is 11.8 Å². The average Bonchev–Trinajstić information content (AvgIpc) is 3.07. The van der Waals surface area contributed by atoms with E-state index in [2.05, 4.69) is 26.1 Å². The molecule has 0 saturated carbocycles. The van der Waals surface area contributed by atoms with Crippen molar-refractivity contribution in [3.8, 4) is 0 Å². The topological polar surface area (TPSA) is 59.2 Å². The summed E-state index contributed by atoms with van der Waals surface area (Å²) in [5.41, 5.74) is 1.74. The van der Waals surface area contributed by atoms with Gasteiger partial charge in [-0.3, -0.25) is 4.79 Å². The molecule has 0 saturated heterocycles. The van der Waals surface area contributed by atoms with Crippen molar-refractivity contribution in [1.82, 2.24) is 15.0 Å². The minimum atomic E-state index is -0.0202. The second-order valence-electron chi connectivity index (χ2n) is 5.77. The number of amides is 1. The Labute approximate surface area is 164 Å². The summed E-state index contributed by atoms with van der Waals surface area (Å²) in [4.78, 5) is 19.8. The number of carbonyl (C=O) groups excluding carboxylic acids is 1. The average molecular weight is 432 g/mol. The third-order valence-electron chi connectivity index (χ3n) is 3.76. The van der Waals surface area contributed by atoms with Crippen LogP contribution in [0.2, 0.25) is 0 Å². The van der Waals surface area contributed by atoms with E-state index in [0.29, 0.717) is 29.6 Å². The first-order chi connectivity index (χ1) is 12.5. The van der Waals surface area contributed by atoms with Gasteiger partial charge >= 0.3 is 0 Å². The van der Waals surface area contributed by atoms with Gasteiger partial charge in [0, 0.05) is 29.9 Å². The summed E-state index contributed by atoms with van der Waals surface area (Å²) in [5.74, 6) is 1.69. The number of thioether (sulfide) groups is 1. The Balaban J connectivity index is 1.73. The zero-order valence-corrected chi connectivity index (χ0v) is 16.9. The van der Waals surface area contributed by atoms with Gasteiger partial charge in [0.1, 0.15) is 0 Å². The lowest BCUT2D eigenvalue weighted by atomic mass is 10.1. The van der Waals surface area contributed by atoms with E-state index < -0.39 is 0 Å². The highest BCUT2D eigenvalue weighted by Crippen LogP contribution is 2.27. The van der Waals surface area contributed by atoms with Gasteiger partial charge < -0.3 is 9.42 Å². The van der Waals surface area contributed by atoms with Crippen molar-refractivity contribution in [2.24, 2.45) is 0 Å². The van der Waals surface area contributed by atoms with Gasteiger partial charge in [-0.1, -0.05) is 51.4 Å². The largest absolute Gasteiger partial charge is 0.340 e. The van der Waals surface area contributed by atoms with Gasteiger partial charge in [0.2, 0.25) is 5.89 Å². The molecule has 2 aromatic carbocycles. The zero-order valence-electron chi connectivity index (χ0n) is 14.5. The second-order valence-corrected chi connectivity index (χ2v) is 7.64. The first-order valence-corrected chi connectivity index (χ1v) is 9.82. The maximum absolute atomic E-state index is 12.9. The summed E-state index contributed by atoms with van der Waals surface area (Å²) in [5, 5.41) is 3.90. The molecule has 0 aliphatic heterocycles. The van der Waals surface area contributed by atoms with Crippen LogP contribution in [-0.4, -0.2) is 28.0 Å². The third kappa shape index (κ3) is 4.53. The molecule has 0 spiro atoms. The first-order valence-electron chi connectivity index (χ1n) is 8.04. The Morgan fingerprint density at radius 2 is 1.92 bits per heavy atom. The fourth-order valence-corrected chi connectivity index (χ4v) is 3.77. The summed E-state index contributed by atoms with van der Waals surface area (Å²) in [7, 11) is 1.81. The van der Waals surface area contributed by atoms with Crippen molar-refractivity contribution in [3.63, 3.8) is 0 Å². The minimum Gasteiger partial charge on any atom is -0.340 e. The Morgan fingerprint density at radius 1 is 1.19 bits per heavy atom. The molecule has 3 rings (SSSR count). The number of aromatic nitrogens is 2. The fraction of sp³-hybridized carbons (Fsp3) is 0.211. The van der Waals surface area contributed by atoms with E-state index in [0.717, 1.165) is 14.9 Å². The Morgan fingerprint density at radius 3 is 2.65 bits per heavy atom. The summed E-state index contributed by atoms with van der Waals surface area (Å²) < 4.78 is 5.99. The van der Waals surface area contributed by atoms with Gasteiger partial charge in [-0.25, -0.2) is 0 Å². The smallest absolute Gasteiger partial charge is 0.255 e. The van der Waals surface area contributed by atoms with Crippen LogP contribution in [0.3, 0.4) is 0 Å². The van der Waals surface area contributed by atoms with Crippen LogP contribution in [-0.2, 0) is 12.3 Å². The predicted octanol–water partition coefficient (Wildman–Crippen LogP) is 4.71. The number of hydrogen-bond donors (Lipinski definition) is 0. The molecule has 0 fully saturated rings. The van der Waals surface area contributed by atoms with Gasteiger partial charge in [-0.2, -0.15) is 4.98 Å². The molecule has 3 aromatic rings. The Bertz CT molecular complexity index is 913. The molecule has 0 bridgehead atoms. The van der Waals surface area contributed by atoms with Gasteiger partial charge in [-0.05, 0) is 23.8 Å². The van der Waals surface area contributed by atoms with E-state index in [4.69, 9.17) is 4.52 Å². The number of nitrogens with zero attached hydrogens (tertiary/aromatic N) is 3. The maximum Gasteiger partial charge on any atom is 0.255 e. The molecule has 0 unspecified atom stereocenters. The molecule has 26 heavy (non-hydrogen) atoms. The molecule has 0 N–H and O–H groups in total. The Kier molecular flexibility index (Phi) is 6.11.